The van der Waals surface area contributed by atoms with E-state index in [1.165, 1.54) is 0 Å². The van der Waals surface area contributed by atoms with Crippen molar-refractivity contribution in [1.82, 2.24) is 15.8 Å². The Bertz CT molecular complexity index is 648. The quantitative estimate of drug-likeness (QED) is 0.692. The van der Waals surface area contributed by atoms with Gasteiger partial charge in [-0.2, -0.15) is 0 Å². The first-order valence-electron chi connectivity index (χ1n) is 8.50. The van der Waals surface area contributed by atoms with E-state index in [0.29, 0.717) is 29.7 Å². The highest BCUT2D eigenvalue weighted by Crippen LogP contribution is 2.38. The number of carbonyl (C=O) groups is 1. The van der Waals surface area contributed by atoms with Gasteiger partial charge >= 0.3 is 0 Å². The molecule has 0 bridgehead atoms. The van der Waals surface area contributed by atoms with Crippen molar-refractivity contribution in [1.29, 1.82) is 0 Å². The van der Waals surface area contributed by atoms with Crippen LogP contribution in [0.15, 0.2) is 17.1 Å². The van der Waals surface area contributed by atoms with Crippen molar-refractivity contribution in [3.8, 4) is 17.2 Å². The van der Waals surface area contributed by atoms with Gasteiger partial charge in [0, 0.05) is 25.2 Å². The number of hydrogen-bond acceptors (Lipinski definition) is 8. The molecule has 2 aliphatic rings. The molecule has 0 atom stereocenters. The summed E-state index contributed by atoms with van der Waals surface area (Å²) >= 11 is 0. The molecule has 2 N–H and O–H groups in total. The smallest absolute Gasteiger partial charge is 0.260 e. The van der Waals surface area contributed by atoms with Crippen LogP contribution in [0.1, 0.15) is 5.56 Å². The zero-order valence-corrected chi connectivity index (χ0v) is 15.0. The van der Waals surface area contributed by atoms with E-state index in [2.05, 4.69) is 20.7 Å². The molecule has 26 heavy (non-hydrogen) atoms. The Morgan fingerprint density at radius 1 is 1.15 bits per heavy atom. The van der Waals surface area contributed by atoms with Crippen LogP contribution < -0.4 is 25.1 Å². The zero-order chi connectivity index (χ0) is 18.4. The highest BCUT2D eigenvalue weighted by atomic mass is 16.5. The van der Waals surface area contributed by atoms with Gasteiger partial charge in [-0.25, -0.2) is 0 Å². The number of amidine groups is 1. The number of methoxy groups -OCH3 is 2. The fourth-order valence-electron chi connectivity index (χ4n) is 2.78. The van der Waals surface area contributed by atoms with Crippen molar-refractivity contribution >= 4 is 11.7 Å². The van der Waals surface area contributed by atoms with Crippen LogP contribution in [0.25, 0.3) is 0 Å². The summed E-state index contributed by atoms with van der Waals surface area (Å²) in [5, 5.41) is 0. The first kappa shape index (κ1) is 18.3. The summed E-state index contributed by atoms with van der Waals surface area (Å²) in [6.07, 6.45) is 0. The molecule has 2 heterocycles. The lowest BCUT2D eigenvalue weighted by Crippen LogP contribution is -2.47. The fourth-order valence-corrected chi connectivity index (χ4v) is 2.78. The van der Waals surface area contributed by atoms with Crippen molar-refractivity contribution < 1.29 is 23.7 Å². The second-order valence-corrected chi connectivity index (χ2v) is 5.85. The Balaban J connectivity index is 1.73. The lowest BCUT2D eigenvalue weighted by atomic mass is 10.1. The van der Waals surface area contributed by atoms with Crippen LogP contribution in [0.4, 0.5) is 0 Å². The van der Waals surface area contributed by atoms with Crippen molar-refractivity contribution in [3.63, 3.8) is 0 Å². The van der Waals surface area contributed by atoms with Gasteiger partial charge in [-0.1, -0.05) is 0 Å². The lowest BCUT2D eigenvalue weighted by molar-refractivity contribution is -0.120. The molecule has 0 saturated carbocycles. The average molecular weight is 364 g/mol. The maximum absolute atomic E-state index is 11.2. The minimum atomic E-state index is -0.184. The summed E-state index contributed by atoms with van der Waals surface area (Å²) in [5.41, 5.74) is 6.05. The van der Waals surface area contributed by atoms with E-state index in [1.54, 1.807) is 26.4 Å². The predicted octanol–water partition coefficient (Wildman–Crippen LogP) is -0.204. The van der Waals surface area contributed by atoms with E-state index in [1.807, 2.05) is 0 Å². The van der Waals surface area contributed by atoms with Gasteiger partial charge in [0.2, 0.25) is 5.75 Å². The Morgan fingerprint density at radius 3 is 2.42 bits per heavy atom. The SMILES string of the molecule is COc1cc(C2=NCC(=O)NN2)cc(OC)c1OCCN1CCOCC1. The molecular formula is C17H24N4O5. The molecule has 9 heteroatoms. The molecule has 9 nitrogen and oxygen atoms in total. The molecule has 0 aliphatic carbocycles. The summed E-state index contributed by atoms with van der Waals surface area (Å²) in [6.45, 7) is 4.73. The van der Waals surface area contributed by atoms with Crippen LogP contribution in [-0.4, -0.2) is 76.9 Å². The number of hydrazine groups is 1. The van der Waals surface area contributed by atoms with Crippen LogP contribution in [0.2, 0.25) is 0 Å². The number of benzene rings is 1. The molecule has 3 rings (SSSR count). The number of aliphatic imine (C=N–C) groups is 1. The van der Waals surface area contributed by atoms with E-state index in [9.17, 15) is 4.79 Å². The minimum absolute atomic E-state index is 0.0742. The van der Waals surface area contributed by atoms with Crippen LogP contribution in [0.5, 0.6) is 17.2 Å². The Hall–Kier alpha value is -2.52. The van der Waals surface area contributed by atoms with E-state index in [-0.39, 0.29) is 12.5 Å². The third-order valence-corrected chi connectivity index (χ3v) is 4.19. The molecular weight excluding hydrogens is 340 g/mol. The molecule has 1 aromatic rings. The average Bonchev–Trinajstić information content (AvgIpc) is 2.69. The second-order valence-electron chi connectivity index (χ2n) is 5.85. The third-order valence-electron chi connectivity index (χ3n) is 4.19. The summed E-state index contributed by atoms with van der Waals surface area (Å²) < 4.78 is 22.2. The van der Waals surface area contributed by atoms with Gasteiger partial charge < -0.3 is 18.9 Å². The summed E-state index contributed by atoms with van der Waals surface area (Å²) in [4.78, 5) is 17.7. The van der Waals surface area contributed by atoms with Crippen LogP contribution in [-0.2, 0) is 9.53 Å². The molecule has 142 valence electrons. The topological polar surface area (TPSA) is 93.7 Å². The maximum atomic E-state index is 11.2. The van der Waals surface area contributed by atoms with E-state index < -0.39 is 0 Å². The van der Waals surface area contributed by atoms with Crippen molar-refractivity contribution in [3.05, 3.63) is 17.7 Å². The number of carbonyl (C=O) groups excluding carboxylic acids is 1. The largest absolute Gasteiger partial charge is 0.493 e. The van der Waals surface area contributed by atoms with Crippen LogP contribution in [0, 0.1) is 0 Å². The number of nitrogens with zero attached hydrogens (tertiary/aromatic N) is 2. The Kier molecular flexibility index (Phi) is 6.13. The molecule has 0 aromatic heterocycles. The first-order valence-corrected chi connectivity index (χ1v) is 8.50. The standard InChI is InChI=1S/C17H24N4O5/c1-23-13-9-12(17-18-11-15(22)19-20-17)10-14(24-2)16(13)26-8-5-21-3-6-25-7-4-21/h9-10H,3-8,11H2,1-2H3,(H,18,20)(H,19,22). The van der Waals surface area contributed by atoms with Gasteiger partial charge in [-0.15, -0.1) is 0 Å². The summed E-state index contributed by atoms with van der Waals surface area (Å²) in [5.74, 6) is 2.00. The van der Waals surface area contributed by atoms with Gasteiger partial charge in [-0.05, 0) is 12.1 Å². The summed E-state index contributed by atoms with van der Waals surface area (Å²) in [7, 11) is 3.15. The highest BCUT2D eigenvalue weighted by molar-refractivity contribution is 6.03. The minimum Gasteiger partial charge on any atom is -0.493 e. The van der Waals surface area contributed by atoms with E-state index in [0.717, 1.165) is 38.4 Å². The Morgan fingerprint density at radius 2 is 1.85 bits per heavy atom. The highest BCUT2D eigenvalue weighted by Gasteiger charge is 2.19. The Labute approximate surface area is 152 Å². The van der Waals surface area contributed by atoms with Crippen LogP contribution >= 0.6 is 0 Å². The number of hydrogen-bond donors (Lipinski definition) is 2. The van der Waals surface area contributed by atoms with Gasteiger partial charge in [0.15, 0.2) is 11.5 Å². The molecule has 1 fully saturated rings. The van der Waals surface area contributed by atoms with Gasteiger partial charge in [-0.3, -0.25) is 25.5 Å². The lowest BCUT2D eigenvalue weighted by Gasteiger charge is -2.26. The first-order chi connectivity index (χ1) is 12.7. The van der Waals surface area contributed by atoms with Crippen molar-refractivity contribution in [2.75, 3.05) is 60.2 Å². The van der Waals surface area contributed by atoms with Gasteiger partial charge in [0.05, 0.1) is 27.4 Å². The fraction of sp³-hybridized carbons (Fsp3) is 0.529. The molecule has 0 spiro atoms. The van der Waals surface area contributed by atoms with Gasteiger partial charge in [0.1, 0.15) is 19.0 Å². The van der Waals surface area contributed by atoms with Gasteiger partial charge in [0.25, 0.3) is 5.91 Å². The number of amides is 1. The number of ether oxygens (including phenoxy) is 4. The number of rotatable bonds is 7. The third kappa shape index (κ3) is 4.36. The van der Waals surface area contributed by atoms with Crippen molar-refractivity contribution in [2.45, 2.75) is 0 Å². The normalized spacial score (nSPS) is 17.8. The molecule has 1 amide bonds. The zero-order valence-electron chi connectivity index (χ0n) is 15.0. The van der Waals surface area contributed by atoms with Crippen LogP contribution in [0.3, 0.4) is 0 Å². The molecule has 1 saturated heterocycles. The van der Waals surface area contributed by atoms with E-state index >= 15 is 0 Å². The molecule has 1 aromatic carbocycles. The second kappa shape index (κ2) is 8.72. The number of morpholine rings is 1. The number of nitrogens with one attached hydrogen (secondary N) is 2. The summed E-state index contributed by atoms with van der Waals surface area (Å²) in [6, 6.07) is 3.60. The molecule has 0 radical (unpaired) electrons. The maximum Gasteiger partial charge on any atom is 0.260 e. The monoisotopic (exact) mass is 364 g/mol. The van der Waals surface area contributed by atoms with E-state index in [4.69, 9.17) is 18.9 Å². The molecule has 0 unspecified atom stereocenters. The van der Waals surface area contributed by atoms with Crippen molar-refractivity contribution in [2.24, 2.45) is 4.99 Å². The molecule has 2 aliphatic heterocycles. The predicted molar refractivity (Wildman–Crippen MR) is 95.0 cm³/mol.